The highest BCUT2D eigenvalue weighted by Gasteiger charge is 2.19. The maximum atomic E-state index is 12.5. The summed E-state index contributed by atoms with van der Waals surface area (Å²) in [7, 11) is 0. The summed E-state index contributed by atoms with van der Waals surface area (Å²) < 4.78 is 16.5. The Morgan fingerprint density at radius 2 is 0.673 bits per heavy atom. The zero-order chi connectivity index (χ0) is 38.2. The van der Waals surface area contributed by atoms with E-state index in [2.05, 4.69) is 27.7 Å². The topological polar surface area (TPSA) is 78.9 Å². The smallest absolute Gasteiger partial charge is 0.306 e. The standard InChI is InChI=1S/C46H88O6/c1-5-8-10-12-25-30-33-37-44(47)50-40-43(52-46(49)39-35-28-11-9-6-2)41-51-45(48)38-34-31-27-24-22-20-18-16-14-13-15-17-19-21-23-26-29-32-36-42(4)7-3/h42-43H,5-41H2,1-4H3/t42?,43-/m1/s1. The molecule has 0 rings (SSSR count). The van der Waals surface area contributed by atoms with Crippen molar-refractivity contribution < 1.29 is 28.6 Å². The van der Waals surface area contributed by atoms with Crippen LogP contribution in [0.25, 0.3) is 0 Å². The molecule has 0 fully saturated rings. The van der Waals surface area contributed by atoms with Gasteiger partial charge in [-0.25, -0.2) is 0 Å². The van der Waals surface area contributed by atoms with Crippen LogP contribution in [0.2, 0.25) is 0 Å². The zero-order valence-corrected chi connectivity index (χ0v) is 35.3. The molecule has 0 aromatic heterocycles. The molecule has 0 amide bonds. The van der Waals surface area contributed by atoms with Gasteiger partial charge in [0.1, 0.15) is 13.2 Å². The van der Waals surface area contributed by atoms with E-state index in [9.17, 15) is 14.4 Å². The van der Waals surface area contributed by atoms with Crippen LogP contribution in [-0.2, 0) is 28.6 Å². The zero-order valence-electron chi connectivity index (χ0n) is 35.3. The Balaban J connectivity index is 3.95. The molecule has 52 heavy (non-hydrogen) atoms. The number of carbonyl (C=O) groups excluding carboxylic acids is 3. The van der Waals surface area contributed by atoms with Crippen molar-refractivity contribution >= 4 is 17.9 Å². The molecule has 0 saturated carbocycles. The fourth-order valence-electron chi connectivity index (χ4n) is 6.77. The molecule has 0 N–H and O–H groups in total. The highest BCUT2D eigenvalue weighted by Crippen LogP contribution is 2.17. The molecule has 6 heteroatoms. The fraction of sp³-hybridized carbons (Fsp3) is 0.935. The van der Waals surface area contributed by atoms with Gasteiger partial charge in [-0.3, -0.25) is 14.4 Å². The van der Waals surface area contributed by atoms with Gasteiger partial charge in [0.25, 0.3) is 0 Å². The second-order valence-corrected chi connectivity index (χ2v) is 15.9. The van der Waals surface area contributed by atoms with E-state index in [1.54, 1.807) is 0 Å². The molecule has 308 valence electrons. The van der Waals surface area contributed by atoms with Crippen molar-refractivity contribution in [1.29, 1.82) is 0 Å². The number of carbonyl (C=O) groups is 3. The summed E-state index contributed by atoms with van der Waals surface area (Å²) in [5.74, 6) is 0.0331. The first-order chi connectivity index (χ1) is 25.4. The van der Waals surface area contributed by atoms with Crippen LogP contribution in [0.4, 0.5) is 0 Å². The summed E-state index contributed by atoms with van der Waals surface area (Å²) in [6.45, 7) is 8.93. The third-order valence-electron chi connectivity index (χ3n) is 10.7. The molecule has 1 unspecified atom stereocenters. The lowest BCUT2D eigenvalue weighted by Crippen LogP contribution is -2.30. The molecule has 0 aliphatic carbocycles. The van der Waals surface area contributed by atoms with E-state index in [-0.39, 0.29) is 31.1 Å². The van der Waals surface area contributed by atoms with Gasteiger partial charge in [-0.2, -0.15) is 0 Å². The van der Waals surface area contributed by atoms with Crippen LogP contribution in [0.15, 0.2) is 0 Å². The lowest BCUT2D eigenvalue weighted by molar-refractivity contribution is -0.167. The lowest BCUT2D eigenvalue weighted by Gasteiger charge is -2.18. The largest absolute Gasteiger partial charge is 0.462 e. The molecule has 0 aliphatic heterocycles. The number of hydrogen-bond donors (Lipinski definition) is 0. The fourth-order valence-corrected chi connectivity index (χ4v) is 6.77. The van der Waals surface area contributed by atoms with Crippen LogP contribution in [0.3, 0.4) is 0 Å². The monoisotopic (exact) mass is 737 g/mol. The molecule has 0 radical (unpaired) electrons. The predicted molar refractivity (Wildman–Crippen MR) is 220 cm³/mol. The normalized spacial score (nSPS) is 12.5. The first-order valence-corrected chi connectivity index (χ1v) is 22.9. The van der Waals surface area contributed by atoms with Crippen LogP contribution >= 0.6 is 0 Å². The van der Waals surface area contributed by atoms with E-state index in [4.69, 9.17) is 14.2 Å². The van der Waals surface area contributed by atoms with Crippen LogP contribution in [0.1, 0.15) is 252 Å². The van der Waals surface area contributed by atoms with Crippen LogP contribution in [0.5, 0.6) is 0 Å². The summed E-state index contributed by atoms with van der Waals surface area (Å²) in [5.41, 5.74) is 0. The minimum atomic E-state index is -0.756. The molecule has 0 aromatic carbocycles. The van der Waals surface area contributed by atoms with E-state index in [0.717, 1.165) is 70.1 Å². The van der Waals surface area contributed by atoms with Crippen LogP contribution < -0.4 is 0 Å². The third kappa shape index (κ3) is 38.1. The minimum absolute atomic E-state index is 0.0656. The van der Waals surface area contributed by atoms with Gasteiger partial charge in [-0.15, -0.1) is 0 Å². The highest BCUT2D eigenvalue weighted by atomic mass is 16.6. The third-order valence-corrected chi connectivity index (χ3v) is 10.7. The van der Waals surface area contributed by atoms with Gasteiger partial charge in [0.2, 0.25) is 0 Å². The van der Waals surface area contributed by atoms with Gasteiger partial charge in [0.15, 0.2) is 6.10 Å². The predicted octanol–water partition coefficient (Wildman–Crippen LogP) is 14.3. The quantitative estimate of drug-likeness (QED) is 0.0353. The maximum absolute atomic E-state index is 12.5. The van der Waals surface area contributed by atoms with Crippen molar-refractivity contribution in [2.45, 2.75) is 259 Å². The Bertz CT molecular complexity index is 783. The number of esters is 3. The molecular formula is C46H88O6. The Kier molecular flexibility index (Phi) is 39.4. The van der Waals surface area contributed by atoms with Gasteiger partial charge < -0.3 is 14.2 Å². The number of unbranched alkanes of at least 4 members (excludes halogenated alkanes) is 27. The van der Waals surface area contributed by atoms with Crippen molar-refractivity contribution in [1.82, 2.24) is 0 Å². The number of rotatable bonds is 41. The van der Waals surface area contributed by atoms with Gasteiger partial charge in [0, 0.05) is 19.3 Å². The van der Waals surface area contributed by atoms with Gasteiger partial charge in [0.05, 0.1) is 0 Å². The Morgan fingerprint density at radius 3 is 1.00 bits per heavy atom. The van der Waals surface area contributed by atoms with Crippen LogP contribution in [-0.4, -0.2) is 37.2 Å². The highest BCUT2D eigenvalue weighted by molar-refractivity contribution is 5.71. The average Bonchev–Trinajstić information content (AvgIpc) is 3.14. The van der Waals surface area contributed by atoms with E-state index in [0.29, 0.717) is 19.3 Å². The molecule has 0 saturated heterocycles. The molecule has 0 bridgehead atoms. The molecule has 0 heterocycles. The summed E-state index contributed by atoms with van der Waals surface area (Å²) in [5, 5.41) is 0. The first-order valence-electron chi connectivity index (χ1n) is 22.9. The van der Waals surface area contributed by atoms with Crippen molar-refractivity contribution in [3.63, 3.8) is 0 Å². The summed E-state index contributed by atoms with van der Waals surface area (Å²) >= 11 is 0. The first kappa shape index (κ1) is 50.4. The molecule has 0 aliphatic rings. The molecule has 0 aromatic rings. The molecule has 2 atom stereocenters. The summed E-state index contributed by atoms with van der Waals surface area (Å²) in [6.07, 6.45) is 39.9. The lowest BCUT2D eigenvalue weighted by atomic mass is 9.99. The van der Waals surface area contributed by atoms with Crippen LogP contribution in [0, 0.1) is 5.92 Å². The van der Waals surface area contributed by atoms with Crippen molar-refractivity contribution in [2.75, 3.05) is 13.2 Å². The van der Waals surface area contributed by atoms with E-state index in [1.807, 2.05) is 0 Å². The summed E-state index contributed by atoms with van der Waals surface area (Å²) in [4.78, 5) is 37.2. The molecule has 0 spiro atoms. The molecular weight excluding hydrogens is 649 g/mol. The van der Waals surface area contributed by atoms with E-state index in [1.165, 1.54) is 141 Å². The summed E-state index contributed by atoms with van der Waals surface area (Å²) in [6, 6.07) is 0. The van der Waals surface area contributed by atoms with Crippen molar-refractivity contribution in [2.24, 2.45) is 5.92 Å². The Hall–Kier alpha value is -1.59. The van der Waals surface area contributed by atoms with Crippen molar-refractivity contribution in [3.05, 3.63) is 0 Å². The van der Waals surface area contributed by atoms with Crippen molar-refractivity contribution in [3.8, 4) is 0 Å². The Morgan fingerprint density at radius 1 is 0.385 bits per heavy atom. The number of ether oxygens (including phenoxy) is 3. The van der Waals surface area contributed by atoms with E-state index >= 15 is 0 Å². The van der Waals surface area contributed by atoms with Gasteiger partial charge in [-0.1, -0.05) is 214 Å². The second kappa shape index (κ2) is 40.6. The van der Waals surface area contributed by atoms with Gasteiger partial charge >= 0.3 is 17.9 Å². The van der Waals surface area contributed by atoms with E-state index < -0.39 is 6.10 Å². The minimum Gasteiger partial charge on any atom is -0.462 e. The maximum Gasteiger partial charge on any atom is 0.306 e. The number of hydrogen-bond acceptors (Lipinski definition) is 6. The Labute approximate surface area is 323 Å². The van der Waals surface area contributed by atoms with Gasteiger partial charge in [-0.05, 0) is 25.2 Å². The SMILES string of the molecule is CCCCCCCCCC(=O)OC[C@H](COC(=O)CCCCCCCCCCCCCCCCCCCCC(C)CC)OC(=O)CCCCCCC. The average molecular weight is 737 g/mol. The molecule has 6 nitrogen and oxygen atoms in total. The second-order valence-electron chi connectivity index (χ2n) is 15.9.